The Morgan fingerprint density at radius 1 is 0.824 bits per heavy atom. The van der Waals surface area contributed by atoms with E-state index in [4.69, 9.17) is 25.5 Å². The Balaban J connectivity index is -0.000000452. The summed E-state index contributed by atoms with van der Waals surface area (Å²) in [5.74, 6) is 10.3. The Morgan fingerprint density at radius 2 is 1.24 bits per heavy atom. The first kappa shape index (κ1) is 37.1. The first-order valence-electron chi connectivity index (χ1n) is 10.5. The third-order valence-corrected chi connectivity index (χ3v) is 7.40. The predicted octanol–water partition coefficient (Wildman–Crippen LogP) is 1.19. The van der Waals surface area contributed by atoms with E-state index < -0.39 is 39.7 Å². The second-order valence-corrected chi connectivity index (χ2v) is 13.9. The van der Waals surface area contributed by atoms with E-state index in [1.165, 1.54) is 11.6 Å². The molecule has 1 amide bonds. The van der Waals surface area contributed by atoms with Crippen LogP contribution in [-0.2, 0) is 18.7 Å². The summed E-state index contributed by atoms with van der Waals surface area (Å²) in [7, 11) is -4.09. The van der Waals surface area contributed by atoms with Gasteiger partial charge in [0.25, 0.3) is 0 Å². The zero-order chi connectivity index (χ0) is 27.4. The maximum absolute atomic E-state index is 11.6. The molecule has 0 rings (SSSR count). The van der Waals surface area contributed by atoms with E-state index in [9.17, 15) is 18.7 Å². The summed E-state index contributed by atoms with van der Waals surface area (Å²) in [4.78, 5) is 24.1. The van der Waals surface area contributed by atoms with Crippen molar-refractivity contribution in [3.8, 4) is 23.7 Å². The van der Waals surface area contributed by atoms with Crippen LogP contribution >= 0.6 is 14.3 Å². The Kier molecular flexibility index (Phi) is 22.7. The molecule has 0 radical (unpaired) electrons. The molecule has 0 saturated heterocycles. The molecule has 0 saturated carbocycles. The highest BCUT2D eigenvalue weighted by atomic mass is 31.2. The van der Waals surface area contributed by atoms with Gasteiger partial charge in [0.1, 0.15) is 26.8 Å². The first-order valence-corrected chi connectivity index (χ1v) is 15.3. The van der Waals surface area contributed by atoms with Crippen molar-refractivity contribution in [2.45, 2.75) is 40.5 Å². The molecule has 0 unspecified atom stereocenters. The van der Waals surface area contributed by atoms with Crippen LogP contribution in [0.15, 0.2) is 0 Å². The smallest absolute Gasteiger partial charge is 0.227 e. The summed E-state index contributed by atoms with van der Waals surface area (Å²) in [6.07, 6.45) is -1.31. The van der Waals surface area contributed by atoms with Crippen LogP contribution in [0.3, 0.4) is 0 Å². The Morgan fingerprint density at radius 3 is 1.53 bits per heavy atom. The Labute approximate surface area is 203 Å². The van der Waals surface area contributed by atoms with Crippen LogP contribution in [0.2, 0.25) is 0 Å². The standard InChI is InChI=1S/C10H17O4P.C9H15NO2.C3H9O3P/c1-3-4-5-9(2)10(13)6-15(14,7-11)8-12;1-4-5-6-8(2)9(12)10(3)7-11;1-7(6,2-4)3-5/h9,11-12H,5-8H2,1-2H3;8,11H,6-7H2,1-3H3;4-5H,2-3H2,1H3/t9-;8-;/m00./s1. The quantitative estimate of drug-likeness (QED) is 0.151. The van der Waals surface area contributed by atoms with Crippen LogP contribution in [0, 0.1) is 35.5 Å². The summed E-state index contributed by atoms with van der Waals surface area (Å²) in [6.45, 7) is 8.05. The molecule has 0 aromatic rings. The van der Waals surface area contributed by atoms with E-state index in [-0.39, 0.29) is 36.4 Å². The zero-order valence-electron chi connectivity index (χ0n) is 21.0. The van der Waals surface area contributed by atoms with E-state index in [2.05, 4.69) is 23.7 Å². The number of carbonyl (C=O) groups excluding carboxylic acids is 2. The van der Waals surface area contributed by atoms with Gasteiger partial charge in [-0.25, -0.2) is 0 Å². The van der Waals surface area contributed by atoms with Gasteiger partial charge in [-0.15, -0.1) is 23.7 Å². The molecular formula is C22H41NO9P2. The van der Waals surface area contributed by atoms with E-state index in [0.717, 1.165) is 0 Å². The number of carbonyl (C=O) groups is 2. The molecule has 0 aromatic carbocycles. The van der Waals surface area contributed by atoms with Crippen molar-refractivity contribution < 1.29 is 44.3 Å². The van der Waals surface area contributed by atoms with Crippen molar-refractivity contribution in [3.63, 3.8) is 0 Å². The van der Waals surface area contributed by atoms with Gasteiger partial charge in [0, 0.05) is 31.7 Å². The second-order valence-electron chi connectivity index (χ2n) is 7.79. The average molecular weight is 526 g/mol. The lowest BCUT2D eigenvalue weighted by molar-refractivity contribution is -0.136. The van der Waals surface area contributed by atoms with Gasteiger partial charge >= 0.3 is 0 Å². The minimum absolute atomic E-state index is 0.0692. The molecule has 198 valence electrons. The molecule has 34 heavy (non-hydrogen) atoms. The summed E-state index contributed by atoms with van der Waals surface area (Å²) in [5.41, 5.74) is 0. The van der Waals surface area contributed by atoms with Crippen LogP contribution in [0.5, 0.6) is 0 Å². The maximum atomic E-state index is 11.6. The molecule has 0 fully saturated rings. The van der Waals surface area contributed by atoms with Gasteiger partial charge in [-0.05, 0) is 20.5 Å². The number of hydrogen-bond acceptors (Lipinski definition) is 9. The number of aliphatic hydroxyl groups is 5. The average Bonchev–Trinajstić information content (AvgIpc) is 2.85. The van der Waals surface area contributed by atoms with E-state index >= 15 is 0 Å². The minimum atomic E-state index is -3.11. The molecule has 0 heterocycles. The molecule has 5 N–H and O–H groups in total. The van der Waals surface area contributed by atoms with Gasteiger partial charge in [-0.2, -0.15) is 0 Å². The molecule has 2 atom stereocenters. The number of Topliss-reactive ketones (excluding diaryl/α,β-unsaturated/α-hetero) is 1. The van der Waals surface area contributed by atoms with Gasteiger partial charge < -0.3 is 39.6 Å². The highest BCUT2D eigenvalue weighted by Gasteiger charge is 2.26. The maximum Gasteiger partial charge on any atom is 0.227 e. The summed E-state index contributed by atoms with van der Waals surface area (Å²) in [6, 6.07) is 0. The first-order chi connectivity index (χ1) is 15.7. The predicted molar refractivity (Wildman–Crippen MR) is 134 cm³/mol. The number of aliphatic hydroxyl groups excluding tert-OH is 5. The third-order valence-electron chi connectivity index (χ3n) is 4.29. The molecule has 12 heteroatoms. The molecule has 0 aromatic heterocycles. The van der Waals surface area contributed by atoms with Crippen molar-refractivity contribution in [2.24, 2.45) is 11.8 Å². The number of rotatable bonds is 11. The highest BCUT2D eigenvalue weighted by molar-refractivity contribution is 7.64. The van der Waals surface area contributed by atoms with Crippen LogP contribution in [-0.4, -0.2) is 94.1 Å². The lowest BCUT2D eigenvalue weighted by Gasteiger charge is -2.16. The van der Waals surface area contributed by atoms with Gasteiger partial charge in [-0.3, -0.25) is 9.59 Å². The fourth-order valence-corrected chi connectivity index (χ4v) is 3.05. The summed E-state index contributed by atoms with van der Waals surface area (Å²) in [5, 5.41) is 42.6. The monoisotopic (exact) mass is 525 g/mol. The van der Waals surface area contributed by atoms with Crippen molar-refractivity contribution >= 4 is 26.0 Å². The number of amides is 1. The summed E-state index contributed by atoms with van der Waals surface area (Å²) >= 11 is 0. The molecule has 0 aliphatic carbocycles. The highest BCUT2D eigenvalue weighted by Crippen LogP contribution is 2.43. The zero-order valence-corrected chi connectivity index (χ0v) is 22.8. The van der Waals surface area contributed by atoms with Crippen molar-refractivity contribution in [2.75, 3.05) is 52.0 Å². The summed E-state index contributed by atoms with van der Waals surface area (Å²) < 4.78 is 22.0. The third kappa shape index (κ3) is 18.9. The van der Waals surface area contributed by atoms with Crippen LogP contribution < -0.4 is 0 Å². The second kappa shape index (κ2) is 20.9. The largest absolute Gasteiger partial charge is 0.389 e. The SMILES string of the molecule is CC#CC[C@H](C)C(=O)CP(=O)(CO)CO.CC#CC[C@H](C)C(=O)N(C)CO.CP(=O)(CO)CO. The lowest BCUT2D eigenvalue weighted by Crippen LogP contribution is -2.32. The van der Waals surface area contributed by atoms with Crippen LogP contribution in [0.4, 0.5) is 0 Å². The van der Waals surface area contributed by atoms with Crippen molar-refractivity contribution in [1.29, 1.82) is 0 Å². The van der Waals surface area contributed by atoms with E-state index in [0.29, 0.717) is 12.8 Å². The van der Waals surface area contributed by atoms with Crippen molar-refractivity contribution in [1.82, 2.24) is 4.90 Å². The molecular weight excluding hydrogens is 484 g/mol. The van der Waals surface area contributed by atoms with Gasteiger partial charge in [-0.1, -0.05) is 13.8 Å². The van der Waals surface area contributed by atoms with E-state index in [1.54, 1.807) is 34.7 Å². The molecule has 0 bridgehead atoms. The van der Waals surface area contributed by atoms with Crippen molar-refractivity contribution in [3.05, 3.63) is 0 Å². The Hall–Kier alpha value is -1.48. The molecule has 0 aliphatic heterocycles. The van der Waals surface area contributed by atoms with E-state index in [1.807, 2.05) is 0 Å². The molecule has 10 nitrogen and oxygen atoms in total. The number of ketones is 1. The van der Waals surface area contributed by atoms with Gasteiger partial charge in [0.05, 0.1) is 31.6 Å². The normalized spacial score (nSPS) is 12.1. The Bertz CT molecular complexity index is 793. The topological polar surface area (TPSA) is 173 Å². The number of hydrogen-bond donors (Lipinski definition) is 5. The molecule has 0 spiro atoms. The van der Waals surface area contributed by atoms with Gasteiger partial charge in [0.2, 0.25) is 5.91 Å². The van der Waals surface area contributed by atoms with Gasteiger partial charge in [0.15, 0.2) is 0 Å². The number of nitrogens with zero attached hydrogens (tertiary/aromatic N) is 1. The lowest BCUT2D eigenvalue weighted by atomic mass is 10.0. The van der Waals surface area contributed by atoms with Crippen LogP contribution in [0.1, 0.15) is 40.5 Å². The molecule has 0 aliphatic rings. The minimum Gasteiger partial charge on any atom is -0.389 e. The fourth-order valence-electron chi connectivity index (χ4n) is 1.79. The fraction of sp³-hybridized carbons (Fsp3) is 0.727. The van der Waals surface area contributed by atoms with Crippen LogP contribution in [0.25, 0.3) is 0 Å².